The van der Waals surface area contributed by atoms with E-state index in [0.29, 0.717) is 12.4 Å². The van der Waals surface area contributed by atoms with Crippen LogP contribution in [0.3, 0.4) is 0 Å². The van der Waals surface area contributed by atoms with Crippen LogP contribution in [0.25, 0.3) is 0 Å². The average molecular weight is 396 g/mol. The minimum absolute atomic E-state index is 0.00747. The average Bonchev–Trinajstić information content (AvgIpc) is 3.19. The normalized spacial score (nSPS) is 36.4. The van der Waals surface area contributed by atoms with Crippen molar-refractivity contribution in [3.8, 4) is 5.75 Å². The van der Waals surface area contributed by atoms with Crippen LogP contribution in [0.4, 0.5) is 0 Å². The molecule has 3 saturated heterocycles. The van der Waals surface area contributed by atoms with E-state index in [1.165, 1.54) is 0 Å². The number of ether oxygens (including phenoxy) is 7. The Balaban J connectivity index is 1.49. The van der Waals surface area contributed by atoms with Crippen LogP contribution in [-0.2, 0) is 28.4 Å². The lowest BCUT2D eigenvalue weighted by molar-refractivity contribution is -0.231. The quantitative estimate of drug-likeness (QED) is 0.723. The lowest BCUT2D eigenvalue weighted by atomic mass is 10.1. The van der Waals surface area contributed by atoms with Crippen molar-refractivity contribution < 1.29 is 33.2 Å². The van der Waals surface area contributed by atoms with E-state index in [-0.39, 0.29) is 11.3 Å². The highest BCUT2D eigenvalue weighted by molar-refractivity contribution is 7.79. The van der Waals surface area contributed by atoms with Crippen LogP contribution in [0.15, 0.2) is 30.3 Å². The van der Waals surface area contributed by atoms with E-state index in [9.17, 15) is 0 Å². The third-order valence-corrected chi connectivity index (χ3v) is 4.78. The predicted molar refractivity (Wildman–Crippen MR) is 98.1 cm³/mol. The molecule has 5 atom stereocenters. The molecule has 3 heterocycles. The predicted octanol–water partition coefficient (Wildman–Crippen LogP) is 2.76. The minimum Gasteiger partial charge on any atom is -0.447 e. The lowest BCUT2D eigenvalue weighted by Crippen LogP contribution is -2.45. The maximum absolute atomic E-state index is 6.07. The topological polar surface area (TPSA) is 64.6 Å². The van der Waals surface area contributed by atoms with Crippen LogP contribution >= 0.6 is 12.2 Å². The molecule has 3 aliphatic heterocycles. The number of rotatable bonds is 3. The van der Waals surface area contributed by atoms with Gasteiger partial charge in [0.1, 0.15) is 18.0 Å². The van der Waals surface area contributed by atoms with Crippen LogP contribution in [0, 0.1) is 0 Å². The fourth-order valence-corrected chi connectivity index (χ4v) is 3.74. The van der Waals surface area contributed by atoms with Crippen molar-refractivity contribution in [1.82, 2.24) is 0 Å². The van der Waals surface area contributed by atoms with Crippen molar-refractivity contribution in [3.63, 3.8) is 0 Å². The fraction of sp³-hybridized carbons (Fsp3) is 0.632. The van der Waals surface area contributed by atoms with Gasteiger partial charge >= 0.3 is 5.24 Å². The summed E-state index contributed by atoms with van der Waals surface area (Å²) >= 11 is 5.29. The second-order valence-corrected chi connectivity index (χ2v) is 8.02. The Morgan fingerprint density at radius 2 is 1.74 bits per heavy atom. The number of hydrogen-bond donors (Lipinski definition) is 0. The van der Waals surface area contributed by atoms with E-state index in [1.807, 2.05) is 45.9 Å². The van der Waals surface area contributed by atoms with Gasteiger partial charge in [0.2, 0.25) is 0 Å². The molecule has 148 valence electrons. The van der Waals surface area contributed by atoms with Crippen LogP contribution in [-0.4, -0.2) is 54.1 Å². The maximum Gasteiger partial charge on any atom is 0.358 e. The standard InChI is InChI=1S/C19H24O7S/c1-18(2)20-10-12(24-18)13-14(15-16(22-13)26-19(3,4)25-15)23-17(27)21-11-8-6-5-7-9-11/h5-9,12-16H,10H2,1-4H3/t12-,13-,14+,15?,16?/m1/s1. The van der Waals surface area contributed by atoms with Crippen LogP contribution in [0.5, 0.6) is 5.75 Å². The van der Waals surface area contributed by atoms with E-state index >= 15 is 0 Å². The van der Waals surface area contributed by atoms with Gasteiger partial charge in [-0.25, -0.2) is 0 Å². The first-order chi connectivity index (χ1) is 12.7. The van der Waals surface area contributed by atoms with Crippen molar-refractivity contribution in [2.75, 3.05) is 6.61 Å². The number of fused-ring (bicyclic) bond motifs is 1. The number of hydrogen-bond acceptors (Lipinski definition) is 8. The molecule has 0 bridgehead atoms. The molecule has 7 nitrogen and oxygen atoms in total. The van der Waals surface area contributed by atoms with Crippen molar-refractivity contribution >= 4 is 17.5 Å². The van der Waals surface area contributed by atoms with Crippen molar-refractivity contribution in [1.29, 1.82) is 0 Å². The molecule has 0 spiro atoms. The highest BCUT2D eigenvalue weighted by atomic mass is 32.1. The maximum atomic E-state index is 6.07. The zero-order valence-corrected chi connectivity index (χ0v) is 16.6. The third-order valence-electron chi connectivity index (χ3n) is 4.60. The van der Waals surface area contributed by atoms with Gasteiger partial charge in [0.05, 0.1) is 6.61 Å². The largest absolute Gasteiger partial charge is 0.447 e. The summed E-state index contributed by atoms with van der Waals surface area (Å²) in [6.07, 6.45) is -2.35. The van der Waals surface area contributed by atoms with Crippen molar-refractivity contribution in [2.24, 2.45) is 0 Å². The summed E-state index contributed by atoms with van der Waals surface area (Å²) in [5.74, 6) is -0.853. The van der Waals surface area contributed by atoms with Gasteiger partial charge in [-0.15, -0.1) is 0 Å². The molecule has 0 aliphatic carbocycles. The van der Waals surface area contributed by atoms with Gasteiger partial charge in [-0.3, -0.25) is 0 Å². The minimum atomic E-state index is -0.768. The molecule has 3 aliphatic rings. The van der Waals surface area contributed by atoms with E-state index in [4.69, 9.17) is 45.4 Å². The Morgan fingerprint density at radius 3 is 2.41 bits per heavy atom. The molecular formula is C19H24O7S. The molecule has 2 unspecified atom stereocenters. The zero-order chi connectivity index (χ0) is 19.2. The van der Waals surface area contributed by atoms with Crippen LogP contribution in [0.1, 0.15) is 27.7 Å². The summed E-state index contributed by atoms with van der Waals surface area (Å²) in [4.78, 5) is 0. The van der Waals surface area contributed by atoms with Gasteiger partial charge in [-0.2, -0.15) is 0 Å². The molecule has 27 heavy (non-hydrogen) atoms. The molecule has 1 aromatic carbocycles. The molecular weight excluding hydrogens is 372 g/mol. The molecule has 0 amide bonds. The number of para-hydroxylation sites is 1. The Hall–Kier alpha value is -1.29. The Kier molecular flexibility index (Phi) is 4.90. The van der Waals surface area contributed by atoms with E-state index in [1.54, 1.807) is 12.1 Å². The first-order valence-corrected chi connectivity index (χ1v) is 9.40. The zero-order valence-electron chi connectivity index (χ0n) is 15.7. The van der Waals surface area contributed by atoms with E-state index in [2.05, 4.69) is 0 Å². The summed E-state index contributed by atoms with van der Waals surface area (Å²) in [5, 5.41) is -0.00747. The first-order valence-electron chi connectivity index (χ1n) is 8.99. The molecule has 8 heteroatoms. The molecule has 0 aromatic heterocycles. The summed E-state index contributed by atoms with van der Waals surface area (Å²) in [7, 11) is 0. The monoisotopic (exact) mass is 396 g/mol. The molecule has 1 aromatic rings. The summed E-state index contributed by atoms with van der Waals surface area (Å²) in [6.45, 7) is 7.76. The van der Waals surface area contributed by atoms with Gasteiger partial charge in [0, 0.05) is 12.2 Å². The van der Waals surface area contributed by atoms with Gasteiger partial charge in [0.25, 0.3) is 0 Å². The van der Waals surface area contributed by atoms with Gasteiger partial charge in [-0.1, -0.05) is 18.2 Å². The molecule has 0 saturated carbocycles. The highest BCUT2D eigenvalue weighted by Crippen LogP contribution is 2.42. The summed E-state index contributed by atoms with van der Waals surface area (Å²) in [6, 6.07) is 9.22. The lowest BCUT2D eigenvalue weighted by Gasteiger charge is -2.29. The Bertz CT molecular complexity index is 693. The Labute approximate surface area is 163 Å². The fourth-order valence-electron chi connectivity index (χ4n) is 3.53. The Morgan fingerprint density at radius 1 is 1.00 bits per heavy atom. The van der Waals surface area contributed by atoms with Gasteiger partial charge in [0.15, 0.2) is 30.1 Å². The molecule has 0 radical (unpaired) electrons. The van der Waals surface area contributed by atoms with Crippen LogP contribution < -0.4 is 4.74 Å². The van der Waals surface area contributed by atoms with Crippen molar-refractivity contribution in [2.45, 2.75) is 70.0 Å². The molecule has 4 rings (SSSR count). The molecule has 3 fully saturated rings. The third kappa shape index (κ3) is 4.11. The van der Waals surface area contributed by atoms with Gasteiger partial charge in [-0.05, 0) is 39.8 Å². The van der Waals surface area contributed by atoms with Crippen molar-refractivity contribution in [3.05, 3.63) is 30.3 Å². The van der Waals surface area contributed by atoms with E-state index in [0.717, 1.165) is 0 Å². The number of benzene rings is 1. The first kappa shape index (κ1) is 19.0. The van der Waals surface area contributed by atoms with Gasteiger partial charge < -0.3 is 33.2 Å². The van der Waals surface area contributed by atoms with E-state index < -0.39 is 36.2 Å². The molecule has 0 N–H and O–H groups in total. The number of thiocarbonyl (C=S) groups is 1. The summed E-state index contributed by atoms with van der Waals surface area (Å²) in [5.41, 5.74) is 0. The SMILES string of the molecule is CC1(C)OC2O[C@H]([C@H]3COC(C)(C)O3)[C@H](OC(=S)Oc3ccccc3)C2O1. The summed E-state index contributed by atoms with van der Waals surface area (Å²) < 4.78 is 41.1. The highest BCUT2D eigenvalue weighted by Gasteiger charge is 2.60. The second-order valence-electron chi connectivity index (χ2n) is 7.68. The smallest absolute Gasteiger partial charge is 0.358 e. The second kappa shape index (κ2) is 6.95. The van der Waals surface area contributed by atoms with Crippen LogP contribution in [0.2, 0.25) is 0 Å².